The fourth-order valence-corrected chi connectivity index (χ4v) is 3.48. The number of nitro benzene ring substituents is 1. The quantitative estimate of drug-likeness (QED) is 0.634. The third kappa shape index (κ3) is 3.72. The lowest BCUT2D eigenvalue weighted by Gasteiger charge is -2.09. The molecule has 0 aliphatic heterocycles. The average molecular weight is 392 g/mol. The Morgan fingerprint density at radius 2 is 1.76 bits per heavy atom. The van der Waals surface area contributed by atoms with Gasteiger partial charge in [0.05, 0.1) is 4.92 Å². The molecule has 0 aromatic heterocycles. The smallest absolute Gasteiger partial charge is 0.279 e. The highest BCUT2D eigenvalue weighted by Gasteiger charge is 2.26. The maximum absolute atomic E-state index is 12.3. The molecule has 2 aromatic rings. The Kier molecular flexibility index (Phi) is 4.50. The van der Waals surface area contributed by atoms with Crippen LogP contribution in [0.5, 0.6) is 0 Å². The number of anilines is 1. The summed E-state index contributed by atoms with van der Waals surface area (Å²) >= 11 is 8.82. The number of rotatable bonds is 4. The molecular formula is C12H8BrClN2O4S. The van der Waals surface area contributed by atoms with Crippen molar-refractivity contribution >= 4 is 48.9 Å². The molecular weight excluding hydrogens is 384 g/mol. The lowest BCUT2D eigenvalue weighted by Crippen LogP contribution is -2.14. The molecule has 0 bridgehead atoms. The van der Waals surface area contributed by atoms with Crippen molar-refractivity contribution in [2.24, 2.45) is 0 Å². The summed E-state index contributed by atoms with van der Waals surface area (Å²) in [6, 6.07) is 9.65. The van der Waals surface area contributed by atoms with Crippen molar-refractivity contribution < 1.29 is 13.3 Å². The summed E-state index contributed by atoms with van der Waals surface area (Å²) in [6.07, 6.45) is 0. The molecule has 0 unspecified atom stereocenters. The van der Waals surface area contributed by atoms with Crippen LogP contribution < -0.4 is 4.72 Å². The van der Waals surface area contributed by atoms with Gasteiger partial charge in [-0.3, -0.25) is 14.8 Å². The number of hydrogen-bond donors (Lipinski definition) is 1. The summed E-state index contributed by atoms with van der Waals surface area (Å²) < 4.78 is 27.3. The van der Waals surface area contributed by atoms with E-state index in [2.05, 4.69) is 20.7 Å². The van der Waals surface area contributed by atoms with Crippen LogP contribution in [-0.2, 0) is 10.0 Å². The molecule has 2 aromatic carbocycles. The number of nitrogens with zero attached hydrogens (tertiary/aromatic N) is 1. The van der Waals surface area contributed by atoms with E-state index in [0.29, 0.717) is 9.50 Å². The summed E-state index contributed by atoms with van der Waals surface area (Å²) in [7, 11) is -4.09. The van der Waals surface area contributed by atoms with Crippen LogP contribution >= 0.6 is 27.5 Å². The summed E-state index contributed by atoms with van der Waals surface area (Å²) in [5.74, 6) is 0. The van der Waals surface area contributed by atoms with Crippen LogP contribution in [0.25, 0.3) is 0 Å². The first-order chi connectivity index (χ1) is 9.79. The summed E-state index contributed by atoms with van der Waals surface area (Å²) in [6.45, 7) is 0. The lowest BCUT2D eigenvalue weighted by molar-refractivity contribution is -0.387. The molecule has 0 saturated heterocycles. The molecule has 6 nitrogen and oxygen atoms in total. The van der Waals surface area contributed by atoms with Crippen molar-refractivity contribution in [1.82, 2.24) is 0 Å². The van der Waals surface area contributed by atoms with Gasteiger partial charge >= 0.3 is 0 Å². The fourth-order valence-electron chi connectivity index (χ4n) is 1.58. The topological polar surface area (TPSA) is 89.3 Å². The van der Waals surface area contributed by atoms with Crippen LogP contribution in [0.3, 0.4) is 0 Å². The standard InChI is InChI=1S/C12H8BrClN2O4S/c13-8-1-6-11(16(17)18)12(7-8)21(19,20)15-10-4-2-9(14)3-5-10/h1-7,15H. The van der Waals surface area contributed by atoms with Crippen LogP contribution in [0.2, 0.25) is 5.02 Å². The minimum atomic E-state index is -4.09. The van der Waals surface area contributed by atoms with Crippen molar-refractivity contribution in [3.63, 3.8) is 0 Å². The maximum Gasteiger partial charge on any atom is 0.289 e. The molecule has 0 radical (unpaired) electrons. The number of sulfonamides is 1. The van der Waals surface area contributed by atoms with Crippen molar-refractivity contribution in [3.8, 4) is 0 Å². The van der Waals surface area contributed by atoms with Crippen LogP contribution in [0.4, 0.5) is 11.4 Å². The van der Waals surface area contributed by atoms with Gasteiger partial charge in [-0.2, -0.15) is 0 Å². The highest BCUT2D eigenvalue weighted by atomic mass is 79.9. The van der Waals surface area contributed by atoms with Gasteiger partial charge in [0.15, 0.2) is 4.90 Å². The summed E-state index contributed by atoms with van der Waals surface area (Å²) in [4.78, 5) is 9.79. The molecule has 2 rings (SSSR count). The maximum atomic E-state index is 12.3. The molecule has 0 spiro atoms. The molecule has 0 aliphatic rings. The van der Waals surface area contributed by atoms with E-state index in [4.69, 9.17) is 11.6 Å². The lowest BCUT2D eigenvalue weighted by atomic mass is 10.3. The highest BCUT2D eigenvalue weighted by Crippen LogP contribution is 2.29. The van der Waals surface area contributed by atoms with Crippen LogP contribution in [0.1, 0.15) is 0 Å². The minimum absolute atomic E-state index is 0.258. The van der Waals surface area contributed by atoms with E-state index >= 15 is 0 Å². The third-order valence-electron chi connectivity index (χ3n) is 2.50. The summed E-state index contributed by atoms with van der Waals surface area (Å²) in [5, 5.41) is 11.4. The second kappa shape index (κ2) is 6.00. The van der Waals surface area contributed by atoms with E-state index in [1.165, 1.54) is 36.4 Å². The summed E-state index contributed by atoms with van der Waals surface area (Å²) in [5.41, 5.74) is -0.242. The number of halogens is 2. The largest absolute Gasteiger partial charge is 0.289 e. The Bertz CT molecular complexity index is 793. The van der Waals surface area contributed by atoms with Crippen molar-refractivity contribution in [2.45, 2.75) is 4.90 Å². The number of nitrogens with one attached hydrogen (secondary N) is 1. The molecule has 0 fully saturated rings. The van der Waals surface area contributed by atoms with Gasteiger partial charge in [-0.1, -0.05) is 27.5 Å². The third-order valence-corrected chi connectivity index (χ3v) is 4.66. The molecule has 0 saturated carbocycles. The van der Waals surface area contributed by atoms with Gasteiger partial charge in [-0.05, 0) is 36.4 Å². The Morgan fingerprint density at radius 3 is 2.33 bits per heavy atom. The predicted octanol–water partition coefficient (Wildman–Crippen LogP) is 3.81. The predicted molar refractivity (Wildman–Crippen MR) is 83.1 cm³/mol. The molecule has 110 valence electrons. The Balaban J connectivity index is 2.46. The second-order valence-corrected chi connectivity index (χ2v) is 6.98. The van der Waals surface area contributed by atoms with Crippen LogP contribution in [-0.4, -0.2) is 13.3 Å². The first kappa shape index (κ1) is 15.7. The van der Waals surface area contributed by atoms with Gasteiger partial charge < -0.3 is 0 Å². The molecule has 1 N–H and O–H groups in total. The first-order valence-electron chi connectivity index (χ1n) is 5.52. The molecule has 0 atom stereocenters. The minimum Gasteiger partial charge on any atom is -0.279 e. The SMILES string of the molecule is O=[N+]([O-])c1ccc(Br)cc1S(=O)(=O)Nc1ccc(Cl)cc1. The van der Waals surface area contributed by atoms with Crippen LogP contribution in [0.15, 0.2) is 51.8 Å². The molecule has 21 heavy (non-hydrogen) atoms. The molecule has 0 amide bonds. The van der Waals surface area contributed by atoms with E-state index in [1.807, 2.05) is 0 Å². The second-order valence-electron chi connectivity index (χ2n) is 3.98. The van der Waals surface area contributed by atoms with E-state index in [1.54, 1.807) is 0 Å². The van der Waals surface area contributed by atoms with Gasteiger partial charge in [0, 0.05) is 21.2 Å². The van der Waals surface area contributed by atoms with Crippen molar-refractivity contribution in [3.05, 3.63) is 62.1 Å². The zero-order valence-electron chi connectivity index (χ0n) is 10.3. The van der Waals surface area contributed by atoms with Gasteiger partial charge in [-0.15, -0.1) is 0 Å². The van der Waals surface area contributed by atoms with Crippen LogP contribution in [0, 0.1) is 10.1 Å². The number of nitro groups is 1. The Hall–Kier alpha value is -1.64. The zero-order valence-corrected chi connectivity index (χ0v) is 13.4. The normalized spacial score (nSPS) is 11.1. The van der Waals surface area contributed by atoms with Crippen molar-refractivity contribution in [1.29, 1.82) is 0 Å². The van der Waals surface area contributed by atoms with Crippen molar-refractivity contribution in [2.75, 3.05) is 4.72 Å². The molecule has 0 heterocycles. The Morgan fingerprint density at radius 1 is 1.14 bits per heavy atom. The van der Waals surface area contributed by atoms with E-state index in [9.17, 15) is 18.5 Å². The Labute approximate surface area is 134 Å². The van der Waals surface area contributed by atoms with Gasteiger partial charge in [0.1, 0.15) is 0 Å². The van der Waals surface area contributed by atoms with E-state index in [-0.39, 0.29) is 5.69 Å². The number of hydrogen-bond acceptors (Lipinski definition) is 4. The monoisotopic (exact) mass is 390 g/mol. The first-order valence-corrected chi connectivity index (χ1v) is 8.17. The molecule has 9 heteroatoms. The average Bonchev–Trinajstić information content (AvgIpc) is 2.41. The number of benzene rings is 2. The van der Waals surface area contributed by atoms with Gasteiger partial charge in [-0.25, -0.2) is 8.42 Å². The van der Waals surface area contributed by atoms with E-state index in [0.717, 1.165) is 6.07 Å². The molecule has 0 aliphatic carbocycles. The van der Waals surface area contributed by atoms with Gasteiger partial charge in [0.25, 0.3) is 15.7 Å². The van der Waals surface area contributed by atoms with Gasteiger partial charge in [0.2, 0.25) is 0 Å². The van der Waals surface area contributed by atoms with E-state index < -0.39 is 25.5 Å². The highest BCUT2D eigenvalue weighted by molar-refractivity contribution is 9.10. The zero-order chi connectivity index (χ0) is 15.6. The fraction of sp³-hybridized carbons (Fsp3) is 0.